The molecule has 0 aliphatic carbocycles. The lowest BCUT2D eigenvalue weighted by atomic mass is 10.1. The van der Waals surface area contributed by atoms with Gasteiger partial charge in [0.25, 0.3) is 0 Å². The molecule has 0 saturated carbocycles. The van der Waals surface area contributed by atoms with Crippen molar-refractivity contribution >= 4 is 27.5 Å². The first-order valence-corrected chi connectivity index (χ1v) is 14.7. The molecule has 2 aromatic rings. The molecule has 0 spiro atoms. The van der Waals surface area contributed by atoms with Crippen molar-refractivity contribution in [2.75, 3.05) is 31.3 Å². The maximum absolute atomic E-state index is 13.6. The molecule has 9 nitrogen and oxygen atoms in total. The number of amides is 2. The van der Waals surface area contributed by atoms with Crippen LogP contribution in [0.2, 0.25) is 0 Å². The highest BCUT2D eigenvalue weighted by atomic mass is 32.2. The molecule has 38 heavy (non-hydrogen) atoms. The van der Waals surface area contributed by atoms with Crippen LogP contribution < -0.4 is 19.1 Å². The molecule has 2 atom stereocenters. The second kappa shape index (κ2) is 14.6. The third-order valence-electron chi connectivity index (χ3n) is 6.40. The average Bonchev–Trinajstić information content (AvgIpc) is 2.90. The number of benzene rings is 2. The van der Waals surface area contributed by atoms with Crippen molar-refractivity contribution in [3.63, 3.8) is 0 Å². The van der Waals surface area contributed by atoms with Crippen molar-refractivity contribution in [3.05, 3.63) is 54.1 Å². The smallest absolute Gasteiger partial charge is 0.243 e. The monoisotopic (exact) mass is 547 g/mol. The predicted octanol–water partition coefficient (Wildman–Crippen LogP) is 3.97. The Morgan fingerprint density at radius 3 is 2.18 bits per heavy atom. The summed E-state index contributed by atoms with van der Waals surface area (Å²) in [6.45, 7) is 6.14. The van der Waals surface area contributed by atoms with Crippen LogP contribution in [0.25, 0.3) is 0 Å². The van der Waals surface area contributed by atoms with Gasteiger partial charge in [-0.25, -0.2) is 8.42 Å². The van der Waals surface area contributed by atoms with Gasteiger partial charge in [0.15, 0.2) is 0 Å². The summed E-state index contributed by atoms with van der Waals surface area (Å²) in [7, 11) is -0.556. The first-order valence-electron chi connectivity index (χ1n) is 12.9. The van der Waals surface area contributed by atoms with Crippen LogP contribution >= 0.6 is 0 Å². The molecule has 10 heteroatoms. The van der Waals surface area contributed by atoms with Gasteiger partial charge in [0, 0.05) is 25.6 Å². The average molecular weight is 548 g/mol. The standard InChI is InChI=1S/C28H41N3O6S/c1-7-21(3)29-28(33)24(8-2)30(20-22-15-17-23(36-4)18-16-22)27(32)14-11-19-31(38(6,34)35)25-12-9-10-13-26(25)37-5/h9-10,12-13,15-18,21,24H,7-8,11,14,19-20H2,1-6H3,(H,29,33)/t21-,24+/m1/s1. The minimum Gasteiger partial charge on any atom is -0.497 e. The number of methoxy groups -OCH3 is 2. The maximum Gasteiger partial charge on any atom is 0.243 e. The molecule has 0 heterocycles. The second-order valence-corrected chi connectivity index (χ2v) is 11.1. The molecule has 2 rings (SSSR count). The minimum absolute atomic E-state index is 0.0151. The summed E-state index contributed by atoms with van der Waals surface area (Å²) in [4.78, 5) is 28.3. The molecule has 0 bridgehead atoms. The summed E-state index contributed by atoms with van der Waals surface area (Å²) in [6.07, 6.45) is 2.69. The summed E-state index contributed by atoms with van der Waals surface area (Å²) in [5, 5.41) is 2.99. The summed E-state index contributed by atoms with van der Waals surface area (Å²) >= 11 is 0. The van der Waals surface area contributed by atoms with Crippen molar-refractivity contribution in [2.45, 2.75) is 65.1 Å². The quantitative estimate of drug-likeness (QED) is 0.362. The van der Waals surface area contributed by atoms with E-state index < -0.39 is 16.1 Å². The van der Waals surface area contributed by atoms with E-state index in [0.29, 0.717) is 23.6 Å². The van der Waals surface area contributed by atoms with Crippen LogP contribution in [0.5, 0.6) is 11.5 Å². The van der Waals surface area contributed by atoms with Crippen LogP contribution in [0.3, 0.4) is 0 Å². The highest BCUT2D eigenvalue weighted by Crippen LogP contribution is 2.30. The lowest BCUT2D eigenvalue weighted by Gasteiger charge is -2.32. The van der Waals surface area contributed by atoms with Crippen LogP contribution in [0.1, 0.15) is 52.0 Å². The molecule has 1 N–H and O–H groups in total. The number of para-hydroxylation sites is 2. The van der Waals surface area contributed by atoms with Crippen molar-refractivity contribution in [3.8, 4) is 11.5 Å². The van der Waals surface area contributed by atoms with Crippen LogP contribution in [-0.2, 0) is 26.2 Å². The van der Waals surface area contributed by atoms with Gasteiger partial charge in [-0.05, 0) is 56.0 Å². The van der Waals surface area contributed by atoms with E-state index >= 15 is 0 Å². The van der Waals surface area contributed by atoms with Crippen molar-refractivity contribution in [1.29, 1.82) is 0 Å². The van der Waals surface area contributed by atoms with Gasteiger partial charge in [-0.2, -0.15) is 0 Å². The first kappa shape index (κ1) is 31.0. The Hall–Kier alpha value is -3.27. The van der Waals surface area contributed by atoms with E-state index in [1.165, 1.54) is 11.4 Å². The SMILES string of the molecule is CC[C@@H](C)NC(=O)[C@H](CC)N(Cc1ccc(OC)cc1)C(=O)CCCN(c1ccccc1OC)S(C)(=O)=O. The molecule has 0 saturated heterocycles. The number of hydrogen-bond donors (Lipinski definition) is 1. The Balaban J connectivity index is 2.25. The lowest BCUT2D eigenvalue weighted by Crippen LogP contribution is -2.50. The number of ether oxygens (including phenoxy) is 2. The molecule has 2 aromatic carbocycles. The van der Waals surface area contributed by atoms with Gasteiger partial charge in [-0.15, -0.1) is 0 Å². The summed E-state index contributed by atoms with van der Waals surface area (Å²) in [6, 6.07) is 13.6. The van der Waals surface area contributed by atoms with Crippen molar-refractivity contribution < 1.29 is 27.5 Å². The van der Waals surface area contributed by atoms with E-state index in [1.54, 1.807) is 36.3 Å². The fourth-order valence-electron chi connectivity index (χ4n) is 4.11. The Morgan fingerprint density at radius 2 is 1.63 bits per heavy atom. The van der Waals surface area contributed by atoms with Gasteiger partial charge in [-0.3, -0.25) is 13.9 Å². The Morgan fingerprint density at radius 1 is 0.974 bits per heavy atom. The normalized spacial score (nSPS) is 12.8. The molecule has 0 aliphatic rings. The number of hydrogen-bond acceptors (Lipinski definition) is 6. The van der Waals surface area contributed by atoms with Gasteiger partial charge in [0.05, 0.1) is 26.2 Å². The fraction of sp³-hybridized carbons (Fsp3) is 0.500. The van der Waals surface area contributed by atoms with E-state index in [-0.39, 0.29) is 43.8 Å². The van der Waals surface area contributed by atoms with Gasteiger partial charge in [0.1, 0.15) is 17.5 Å². The number of anilines is 1. The molecule has 0 radical (unpaired) electrons. The summed E-state index contributed by atoms with van der Waals surface area (Å²) in [5.41, 5.74) is 1.28. The van der Waals surface area contributed by atoms with Crippen molar-refractivity contribution in [1.82, 2.24) is 10.2 Å². The maximum atomic E-state index is 13.6. The molecular formula is C28H41N3O6S. The zero-order chi connectivity index (χ0) is 28.3. The summed E-state index contributed by atoms with van der Waals surface area (Å²) in [5.74, 6) is 0.708. The second-order valence-electron chi connectivity index (χ2n) is 9.22. The van der Waals surface area contributed by atoms with Crippen LogP contribution in [-0.4, -0.2) is 64.2 Å². The highest BCUT2D eigenvalue weighted by molar-refractivity contribution is 7.92. The van der Waals surface area contributed by atoms with E-state index in [0.717, 1.165) is 18.2 Å². The predicted molar refractivity (Wildman–Crippen MR) is 150 cm³/mol. The molecule has 0 fully saturated rings. The Bertz CT molecular complexity index is 1150. The summed E-state index contributed by atoms with van der Waals surface area (Å²) < 4.78 is 37.0. The minimum atomic E-state index is -3.62. The van der Waals surface area contributed by atoms with Crippen LogP contribution in [0, 0.1) is 0 Å². The van der Waals surface area contributed by atoms with Gasteiger partial charge >= 0.3 is 0 Å². The number of sulfonamides is 1. The molecule has 0 aromatic heterocycles. The third-order valence-corrected chi connectivity index (χ3v) is 7.58. The zero-order valence-electron chi connectivity index (χ0n) is 23.3. The highest BCUT2D eigenvalue weighted by Gasteiger charge is 2.29. The Labute approximate surface area is 227 Å². The molecule has 210 valence electrons. The zero-order valence-corrected chi connectivity index (χ0v) is 24.1. The molecule has 2 amide bonds. The van der Waals surface area contributed by atoms with Gasteiger partial charge in [0.2, 0.25) is 21.8 Å². The van der Waals surface area contributed by atoms with Crippen LogP contribution in [0.4, 0.5) is 5.69 Å². The molecule has 0 aliphatic heterocycles. The lowest BCUT2D eigenvalue weighted by molar-refractivity contribution is -0.141. The van der Waals surface area contributed by atoms with Gasteiger partial charge < -0.3 is 19.7 Å². The van der Waals surface area contributed by atoms with E-state index in [2.05, 4.69) is 5.32 Å². The van der Waals surface area contributed by atoms with Crippen molar-refractivity contribution in [2.24, 2.45) is 0 Å². The number of nitrogens with zero attached hydrogens (tertiary/aromatic N) is 2. The first-order chi connectivity index (χ1) is 18.0. The van der Waals surface area contributed by atoms with Gasteiger partial charge in [-0.1, -0.05) is 38.1 Å². The number of carbonyl (C=O) groups excluding carboxylic acids is 2. The fourth-order valence-corrected chi connectivity index (χ4v) is 5.08. The van der Waals surface area contributed by atoms with E-state index in [9.17, 15) is 18.0 Å². The van der Waals surface area contributed by atoms with E-state index in [1.807, 2.05) is 45.0 Å². The molecule has 0 unspecified atom stereocenters. The number of rotatable bonds is 15. The molecular weight excluding hydrogens is 506 g/mol. The Kier molecular flexibility index (Phi) is 11.9. The number of carbonyl (C=O) groups is 2. The van der Waals surface area contributed by atoms with E-state index in [4.69, 9.17) is 9.47 Å². The third kappa shape index (κ3) is 8.65. The van der Waals surface area contributed by atoms with Crippen LogP contribution in [0.15, 0.2) is 48.5 Å². The largest absolute Gasteiger partial charge is 0.497 e. The topological polar surface area (TPSA) is 105 Å². The number of nitrogens with one attached hydrogen (secondary N) is 1.